The zero-order valence-corrected chi connectivity index (χ0v) is 8.70. The van der Waals surface area contributed by atoms with Crippen molar-refractivity contribution in [1.29, 1.82) is 0 Å². The van der Waals surface area contributed by atoms with E-state index in [9.17, 15) is 14.0 Å². The molecule has 84 valence electrons. The van der Waals surface area contributed by atoms with E-state index in [1.165, 1.54) is 30.2 Å². The second-order valence-corrected chi connectivity index (χ2v) is 3.51. The van der Waals surface area contributed by atoms with Gasteiger partial charge in [-0.2, -0.15) is 0 Å². The van der Waals surface area contributed by atoms with Gasteiger partial charge < -0.3 is 9.64 Å². The third-order valence-electron chi connectivity index (χ3n) is 2.42. The summed E-state index contributed by atoms with van der Waals surface area (Å²) in [4.78, 5) is 23.9. The van der Waals surface area contributed by atoms with Crippen LogP contribution in [0.1, 0.15) is 6.42 Å². The number of methoxy groups -OCH3 is 1. The minimum absolute atomic E-state index is 0.0152. The number of halogens is 1. The number of hydrogen-bond acceptors (Lipinski definition) is 3. The molecule has 0 radical (unpaired) electrons. The number of ether oxygens (including phenoxy) is 1. The lowest BCUT2D eigenvalue weighted by atomic mass is 10.2. The smallest absolute Gasteiger partial charge is 0.235 e. The Hall–Kier alpha value is -1.91. The molecule has 0 N–H and O–H groups in total. The maximum Gasteiger partial charge on any atom is 0.235 e. The van der Waals surface area contributed by atoms with Crippen LogP contribution in [0.3, 0.4) is 0 Å². The van der Waals surface area contributed by atoms with E-state index in [0.29, 0.717) is 11.4 Å². The highest BCUT2D eigenvalue weighted by Gasteiger charge is 2.30. The fourth-order valence-corrected chi connectivity index (χ4v) is 1.68. The van der Waals surface area contributed by atoms with Crippen LogP contribution in [0.15, 0.2) is 18.2 Å². The van der Waals surface area contributed by atoms with Crippen LogP contribution < -0.4 is 9.64 Å². The Kier molecular flexibility index (Phi) is 2.60. The van der Waals surface area contributed by atoms with Crippen LogP contribution in [0, 0.1) is 5.82 Å². The minimum Gasteiger partial charge on any atom is -0.495 e. The van der Waals surface area contributed by atoms with E-state index in [-0.39, 0.29) is 24.7 Å². The number of anilines is 1. The molecule has 1 heterocycles. The van der Waals surface area contributed by atoms with Gasteiger partial charge in [-0.25, -0.2) is 4.39 Å². The topological polar surface area (TPSA) is 46.6 Å². The summed E-state index contributed by atoms with van der Waals surface area (Å²) in [5.74, 6) is -0.586. The monoisotopic (exact) mass is 223 g/mol. The number of benzene rings is 1. The van der Waals surface area contributed by atoms with E-state index < -0.39 is 5.82 Å². The van der Waals surface area contributed by atoms with E-state index in [2.05, 4.69) is 0 Å². The molecule has 0 aliphatic carbocycles. The highest BCUT2D eigenvalue weighted by atomic mass is 19.1. The third-order valence-corrected chi connectivity index (χ3v) is 2.42. The molecule has 0 atom stereocenters. The average molecular weight is 223 g/mol. The van der Waals surface area contributed by atoms with E-state index in [0.717, 1.165) is 0 Å². The van der Waals surface area contributed by atoms with Gasteiger partial charge in [0.15, 0.2) is 5.78 Å². The molecule has 0 bridgehead atoms. The van der Waals surface area contributed by atoms with Crippen LogP contribution >= 0.6 is 0 Å². The summed E-state index contributed by atoms with van der Waals surface area (Å²) in [5.41, 5.74) is 0.304. The van der Waals surface area contributed by atoms with Gasteiger partial charge in [-0.15, -0.1) is 0 Å². The molecule has 1 fully saturated rings. The Morgan fingerprint density at radius 3 is 2.69 bits per heavy atom. The molecular weight excluding hydrogens is 213 g/mol. The van der Waals surface area contributed by atoms with E-state index in [1.54, 1.807) is 0 Å². The van der Waals surface area contributed by atoms with Crippen molar-refractivity contribution in [3.63, 3.8) is 0 Å². The zero-order chi connectivity index (χ0) is 11.7. The third kappa shape index (κ3) is 1.76. The van der Waals surface area contributed by atoms with Crippen molar-refractivity contribution in [2.75, 3.05) is 18.6 Å². The van der Waals surface area contributed by atoms with Gasteiger partial charge in [0.1, 0.15) is 11.6 Å². The quantitative estimate of drug-likeness (QED) is 0.706. The van der Waals surface area contributed by atoms with Gasteiger partial charge >= 0.3 is 0 Å². The van der Waals surface area contributed by atoms with Gasteiger partial charge in [0.25, 0.3) is 0 Å². The van der Waals surface area contributed by atoms with Crippen LogP contribution in [0.2, 0.25) is 0 Å². The number of rotatable bonds is 2. The first kappa shape index (κ1) is 10.6. The van der Waals surface area contributed by atoms with Gasteiger partial charge in [0.05, 0.1) is 25.8 Å². The zero-order valence-electron chi connectivity index (χ0n) is 8.70. The Morgan fingerprint density at radius 1 is 1.38 bits per heavy atom. The summed E-state index contributed by atoms with van der Waals surface area (Å²) >= 11 is 0. The predicted molar refractivity (Wildman–Crippen MR) is 54.9 cm³/mol. The number of carbonyl (C=O) groups excluding carboxylic acids is 2. The Labute approximate surface area is 91.6 Å². The van der Waals surface area contributed by atoms with Crippen LogP contribution in [0.25, 0.3) is 0 Å². The SMILES string of the molecule is COc1ccc(F)cc1N1CC(=O)CC1=O. The largest absolute Gasteiger partial charge is 0.495 e. The summed E-state index contributed by atoms with van der Waals surface area (Å²) < 4.78 is 18.1. The lowest BCUT2D eigenvalue weighted by Gasteiger charge is -2.17. The number of amides is 1. The summed E-state index contributed by atoms with van der Waals surface area (Å²) in [6.07, 6.45) is -0.125. The normalized spacial score (nSPS) is 15.8. The number of carbonyl (C=O) groups is 2. The van der Waals surface area contributed by atoms with Crippen molar-refractivity contribution in [2.45, 2.75) is 6.42 Å². The lowest BCUT2D eigenvalue weighted by molar-refractivity contribution is -0.121. The maximum absolute atomic E-state index is 13.1. The number of ketones is 1. The van der Waals surface area contributed by atoms with E-state index >= 15 is 0 Å². The summed E-state index contributed by atoms with van der Waals surface area (Å²) in [6.45, 7) is -0.0152. The molecule has 4 nitrogen and oxygen atoms in total. The molecule has 1 aliphatic heterocycles. The molecule has 1 aromatic carbocycles. The van der Waals surface area contributed by atoms with Gasteiger partial charge in [-0.1, -0.05) is 0 Å². The molecule has 0 spiro atoms. The standard InChI is InChI=1S/C11H10FNO3/c1-16-10-3-2-7(12)4-9(10)13-6-8(14)5-11(13)15/h2-4H,5-6H2,1H3. The molecule has 1 aliphatic rings. The molecule has 16 heavy (non-hydrogen) atoms. The first-order valence-corrected chi connectivity index (χ1v) is 4.77. The number of nitrogens with zero attached hydrogens (tertiary/aromatic N) is 1. The molecule has 2 rings (SSSR count). The van der Waals surface area contributed by atoms with Crippen molar-refractivity contribution in [2.24, 2.45) is 0 Å². The summed E-state index contributed by atoms with van der Waals surface area (Å²) in [6, 6.07) is 3.86. The van der Waals surface area contributed by atoms with Crippen LogP contribution in [-0.2, 0) is 9.59 Å². The Bertz CT molecular complexity index is 459. The Morgan fingerprint density at radius 2 is 2.12 bits per heavy atom. The van der Waals surface area contributed by atoms with Crippen molar-refractivity contribution in [3.05, 3.63) is 24.0 Å². The first-order chi connectivity index (χ1) is 7.61. The van der Waals surface area contributed by atoms with Crippen LogP contribution in [-0.4, -0.2) is 25.3 Å². The molecule has 1 amide bonds. The average Bonchev–Trinajstić information content (AvgIpc) is 2.57. The van der Waals surface area contributed by atoms with Crippen molar-refractivity contribution in [3.8, 4) is 5.75 Å². The Balaban J connectivity index is 2.42. The van der Waals surface area contributed by atoms with Gasteiger partial charge in [-0.05, 0) is 12.1 Å². The van der Waals surface area contributed by atoms with E-state index in [4.69, 9.17) is 4.74 Å². The van der Waals surface area contributed by atoms with Crippen molar-refractivity contribution >= 4 is 17.4 Å². The van der Waals surface area contributed by atoms with Gasteiger partial charge in [0, 0.05) is 6.07 Å². The summed E-state index contributed by atoms with van der Waals surface area (Å²) in [5, 5.41) is 0. The first-order valence-electron chi connectivity index (χ1n) is 4.77. The van der Waals surface area contributed by atoms with Crippen LogP contribution in [0.4, 0.5) is 10.1 Å². The molecule has 1 saturated heterocycles. The fourth-order valence-electron chi connectivity index (χ4n) is 1.68. The number of hydrogen-bond donors (Lipinski definition) is 0. The van der Waals surface area contributed by atoms with E-state index in [1.807, 2.05) is 0 Å². The molecular formula is C11H10FNO3. The fraction of sp³-hybridized carbons (Fsp3) is 0.273. The number of Topliss-reactive ketones (excluding diaryl/α,β-unsaturated/α-hetero) is 1. The molecule has 0 saturated carbocycles. The maximum atomic E-state index is 13.1. The highest BCUT2D eigenvalue weighted by molar-refractivity contribution is 6.15. The molecule has 0 aromatic heterocycles. The molecule has 0 unspecified atom stereocenters. The molecule has 1 aromatic rings. The van der Waals surface area contributed by atoms with Crippen molar-refractivity contribution < 1.29 is 18.7 Å². The van der Waals surface area contributed by atoms with Crippen LogP contribution in [0.5, 0.6) is 5.75 Å². The summed E-state index contributed by atoms with van der Waals surface area (Å²) in [7, 11) is 1.43. The minimum atomic E-state index is -0.469. The van der Waals surface area contributed by atoms with Gasteiger partial charge in [0.2, 0.25) is 5.91 Å². The lowest BCUT2D eigenvalue weighted by Crippen LogP contribution is -2.25. The predicted octanol–water partition coefficient (Wildman–Crippen LogP) is 1.14. The molecule has 5 heteroatoms. The van der Waals surface area contributed by atoms with Gasteiger partial charge in [-0.3, -0.25) is 9.59 Å². The second-order valence-electron chi connectivity index (χ2n) is 3.51. The van der Waals surface area contributed by atoms with Crippen molar-refractivity contribution in [1.82, 2.24) is 0 Å². The highest BCUT2D eigenvalue weighted by Crippen LogP contribution is 2.31. The second kappa shape index (κ2) is 3.92.